The average molecular weight is 543 g/mol. The van der Waals surface area contributed by atoms with Crippen molar-refractivity contribution in [1.29, 1.82) is 0 Å². The van der Waals surface area contributed by atoms with Crippen LogP contribution in [0.1, 0.15) is 48.8 Å². The van der Waals surface area contributed by atoms with Gasteiger partial charge in [-0.3, -0.25) is 4.79 Å². The van der Waals surface area contributed by atoms with Gasteiger partial charge in [0.25, 0.3) is 0 Å². The Morgan fingerprint density at radius 3 is 2.08 bits per heavy atom. The highest BCUT2D eigenvalue weighted by Gasteiger charge is 2.35. The lowest BCUT2D eigenvalue weighted by Crippen LogP contribution is -2.55. The van der Waals surface area contributed by atoms with E-state index in [4.69, 9.17) is 9.47 Å². The van der Waals surface area contributed by atoms with Gasteiger partial charge in [-0.2, -0.15) is 0 Å². The SMILES string of the molecule is CC(OCc1ccccc1)C(NC(=O)[C@H](CC1CC1)NC(=O)OCC1c2ccccc2-c2ccccc21)C(=O)O. The van der Waals surface area contributed by atoms with Crippen LogP contribution in [0.5, 0.6) is 0 Å². The first-order valence-corrected chi connectivity index (χ1v) is 13.7. The predicted octanol–water partition coefficient (Wildman–Crippen LogP) is 4.87. The minimum atomic E-state index is -1.28. The third-order valence-electron chi connectivity index (χ3n) is 7.61. The van der Waals surface area contributed by atoms with E-state index in [0.717, 1.165) is 40.7 Å². The van der Waals surface area contributed by atoms with Gasteiger partial charge in [0.2, 0.25) is 5.91 Å². The van der Waals surface area contributed by atoms with Crippen LogP contribution in [-0.4, -0.2) is 47.9 Å². The molecule has 3 aromatic rings. The van der Waals surface area contributed by atoms with Gasteiger partial charge < -0.3 is 25.2 Å². The molecule has 208 valence electrons. The fraction of sp³-hybridized carbons (Fsp3) is 0.344. The fourth-order valence-electron chi connectivity index (χ4n) is 5.23. The number of carboxylic acids is 1. The number of benzene rings is 3. The molecule has 0 spiro atoms. The Bertz CT molecular complexity index is 1310. The number of hydrogen-bond acceptors (Lipinski definition) is 5. The number of amides is 2. The molecule has 3 N–H and O–H groups in total. The number of aliphatic carboxylic acids is 1. The largest absolute Gasteiger partial charge is 0.480 e. The van der Waals surface area contributed by atoms with Crippen LogP contribution in [-0.2, 0) is 25.7 Å². The van der Waals surface area contributed by atoms with Crippen LogP contribution >= 0.6 is 0 Å². The lowest BCUT2D eigenvalue weighted by molar-refractivity contribution is -0.146. The molecule has 2 aliphatic carbocycles. The quantitative estimate of drug-likeness (QED) is 0.301. The summed E-state index contributed by atoms with van der Waals surface area (Å²) in [7, 11) is 0. The molecule has 3 atom stereocenters. The van der Waals surface area contributed by atoms with Crippen molar-refractivity contribution in [2.24, 2.45) is 5.92 Å². The van der Waals surface area contributed by atoms with Crippen molar-refractivity contribution in [3.63, 3.8) is 0 Å². The molecule has 8 heteroatoms. The number of carbonyl (C=O) groups is 3. The van der Waals surface area contributed by atoms with Crippen molar-refractivity contribution in [2.75, 3.05) is 6.61 Å². The molecule has 8 nitrogen and oxygen atoms in total. The minimum Gasteiger partial charge on any atom is -0.480 e. The summed E-state index contributed by atoms with van der Waals surface area (Å²) in [5, 5.41) is 15.1. The van der Waals surface area contributed by atoms with E-state index in [2.05, 4.69) is 22.8 Å². The smallest absolute Gasteiger partial charge is 0.407 e. The number of carboxylic acid groups (broad SMARTS) is 1. The van der Waals surface area contributed by atoms with Gasteiger partial charge in [0.05, 0.1) is 12.7 Å². The summed E-state index contributed by atoms with van der Waals surface area (Å²) in [6, 6.07) is 23.3. The minimum absolute atomic E-state index is 0.104. The maximum Gasteiger partial charge on any atom is 0.407 e. The highest BCUT2D eigenvalue weighted by atomic mass is 16.5. The third-order valence-corrected chi connectivity index (χ3v) is 7.61. The van der Waals surface area contributed by atoms with Crippen LogP contribution in [0.3, 0.4) is 0 Å². The van der Waals surface area contributed by atoms with Crippen molar-refractivity contribution in [1.82, 2.24) is 10.6 Å². The van der Waals surface area contributed by atoms with Gasteiger partial charge in [0, 0.05) is 5.92 Å². The Morgan fingerprint density at radius 2 is 1.48 bits per heavy atom. The van der Waals surface area contributed by atoms with Gasteiger partial charge in [-0.15, -0.1) is 0 Å². The molecule has 3 aromatic carbocycles. The summed E-state index contributed by atoms with van der Waals surface area (Å²) >= 11 is 0. The molecule has 1 fully saturated rings. The number of hydrogen-bond donors (Lipinski definition) is 3. The van der Waals surface area contributed by atoms with Crippen molar-refractivity contribution in [2.45, 2.75) is 56.9 Å². The zero-order valence-electron chi connectivity index (χ0n) is 22.4. The van der Waals surface area contributed by atoms with Crippen LogP contribution < -0.4 is 10.6 Å². The van der Waals surface area contributed by atoms with Gasteiger partial charge in [0.1, 0.15) is 12.6 Å². The molecule has 0 radical (unpaired) electrons. The number of rotatable bonds is 12. The van der Waals surface area contributed by atoms with Crippen LogP contribution in [0.15, 0.2) is 78.9 Å². The second kappa shape index (κ2) is 12.3. The van der Waals surface area contributed by atoms with Crippen molar-refractivity contribution >= 4 is 18.0 Å². The Kier molecular flexibility index (Phi) is 8.45. The van der Waals surface area contributed by atoms with Crippen LogP contribution in [0, 0.1) is 5.92 Å². The second-order valence-electron chi connectivity index (χ2n) is 10.5. The van der Waals surface area contributed by atoms with Gasteiger partial charge >= 0.3 is 12.1 Å². The van der Waals surface area contributed by atoms with Crippen LogP contribution in [0.4, 0.5) is 4.79 Å². The summed E-state index contributed by atoms with van der Waals surface area (Å²) in [6.07, 6.45) is 0.854. The third kappa shape index (κ3) is 6.51. The number of carbonyl (C=O) groups excluding carboxylic acids is 2. The van der Waals surface area contributed by atoms with Gasteiger partial charge in [-0.1, -0.05) is 91.7 Å². The standard InChI is InChI=1S/C32H34N2O6/c1-20(39-18-22-9-3-2-4-10-22)29(31(36)37)34-30(35)28(17-21-15-16-21)33-32(38)40-19-27-25-13-7-5-11-23(25)24-12-6-8-14-26(24)27/h2-14,20-21,27-29H,15-19H2,1H3,(H,33,38)(H,34,35)(H,36,37)/t20?,28-,29?/m0/s1. The molecule has 40 heavy (non-hydrogen) atoms. The van der Waals surface area contributed by atoms with Crippen molar-refractivity contribution in [3.8, 4) is 11.1 Å². The Balaban J connectivity index is 1.20. The van der Waals surface area contributed by atoms with E-state index >= 15 is 0 Å². The molecular formula is C32H34N2O6. The Morgan fingerprint density at radius 1 is 0.875 bits per heavy atom. The molecule has 0 saturated heterocycles. The molecule has 1 saturated carbocycles. The number of alkyl carbamates (subject to hydrolysis) is 1. The highest BCUT2D eigenvalue weighted by molar-refractivity contribution is 5.89. The second-order valence-corrected chi connectivity index (χ2v) is 10.5. The van der Waals surface area contributed by atoms with Crippen molar-refractivity contribution in [3.05, 3.63) is 95.6 Å². The molecule has 0 heterocycles. The number of ether oxygens (including phenoxy) is 2. The van der Waals surface area contributed by atoms with Gasteiger partial charge in [-0.25, -0.2) is 9.59 Å². The topological polar surface area (TPSA) is 114 Å². The normalized spacial score (nSPS) is 16.2. The van der Waals surface area contributed by atoms with Crippen molar-refractivity contribution < 1.29 is 29.0 Å². The van der Waals surface area contributed by atoms with E-state index in [0.29, 0.717) is 12.3 Å². The molecule has 2 aliphatic rings. The lowest BCUT2D eigenvalue weighted by atomic mass is 9.98. The first-order valence-electron chi connectivity index (χ1n) is 13.7. The number of fused-ring (bicyclic) bond motifs is 3. The molecule has 0 bridgehead atoms. The van der Waals surface area contributed by atoms with Gasteiger partial charge in [-0.05, 0) is 47.1 Å². The summed E-state index contributed by atoms with van der Waals surface area (Å²) in [5.74, 6) is -1.57. The Labute approximate surface area is 233 Å². The van der Waals surface area contributed by atoms with E-state index < -0.39 is 36.2 Å². The molecule has 5 rings (SSSR count). The lowest BCUT2D eigenvalue weighted by Gasteiger charge is -2.25. The average Bonchev–Trinajstić information content (AvgIpc) is 3.73. The first-order chi connectivity index (χ1) is 19.4. The molecule has 0 aromatic heterocycles. The molecule has 0 aliphatic heterocycles. The predicted molar refractivity (Wildman–Crippen MR) is 150 cm³/mol. The van der Waals surface area contributed by atoms with E-state index in [1.807, 2.05) is 66.7 Å². The fourth-order valence-corrected chi connectivity index (χ4v) is 5.23. The van der Waals surface area contributed by atoms with E-state index in [1.165, 1.54) is 0 Å². The zero-order chi connectivity index (χ0) is 28.1. The summed E-state index contributed by atoms with van der Waals surface area (Å²) in [4.78, 5) is 38.1. The summed E-state index contributed by atoms with van der Waals surface area (Å²) in [5.41, 5.74) is 5.34. The van der Waals surface area contributed by atoms with E-state index in [1.54, 1.807) is 6.92 Å². The maximum absolute atomic E-state index is 13.2. The van der Waals surface area contributed by atoms with Crippen LogP contribution in [0.25, 0.3) is 11.1 Å². The van der Waals surface area contributed by atoms with Gasteiger partial charge in [0.15, 0.2) is 6.04 Å². The van der Waals surface area contributed by atoms with E-state index in [-0.39, 0.29) is 19.1 Å². The maximum atomic E-state index is 13.2. The van der Waals surface area contributed by atoms with Crippen LogP contribution in [0.2, 0.25) is 0 Å². The summed E-state index contributed by atoms with van der Waals surface area (Å²) in [6.45, 7) is 1.95. The zero-order valence-corrected chi connectivity index (χ0v) is 22.4. The van der Waals surface area contributed by atoms with E-state index in [9.17, 15) is 19.5 Å². The first kappa shape index (κ1) is 27.4. The molecular weight excluding hydrogens is 508 g/mol. The highest BCUT2D eigenvalue weighted by Crippen LogP contribution is 2.44. The molecule has 2 amide bonds. The monoisotopic (exact) mass is 542 g/mol. The summed E-state index contributed by atoms with van der Waals surface area (Å²) < 4.78 is 11.4. The molecule has 2 unspecified atom stereocenters. The number of nitrogens with one attached hydrogen (secondary N) is 2. The Hall–Kier alpha value is -4.17.